The van der Waals surface area contributed by atoms with E-state index in [1.807, 2.05) is 0 Å². The van der Waals surface area contributed by atoms with Gasteiger partial charge in [0.2, 0.25) is 11.8 Å². The lowest BCUT2D eigenvalue weighted by molar-refractivity contribution is -0.136. The van der Waals surface area contributed by atoms with Crippen LogP contribution in [0.1, 0.15) is 45.5 Å². The number of hydrogen-bond acceptors (Lipinski definition) is 6. The van der Waals surface area contributed by atoms with Gasteiger partial charge >= 0.3 is 0 Å². The topological polar surface area (TPSA) is 98.8 Å². The number of nitrogens with zero attached hydrogens (tertiary/aromatic N) is 2. The summed E-state index contributed by atoms with van der Waals surface area (Å²) in [5.74, 6) is -5.25. The quantitative estimate of drug-likeness (QED) is 0.689. The fraction of sp³-hybridized carbons (Fsp3) is 0.500. The summed E-state index contributed by atoms with van der Waals surface area (Å²) in [6, 6.07) is 2.61. The number of alkyl halides is 2. The Morgan fingerprint density at radius 2 is 1.97 bits per heavy atom. The number of carbonyl (C=O) groups is 4. The molecule has 0 spiro atoms. The van der Waals surface area contributed by atoms with Gasteiger partial charge in [-0.15, -0.1) is 0 Å². The van der Waals surface area contributed by atoms with Crippen molar-refractivity contribution in [2.24, 2.45) is 0 Å². The van der Waals surface area contributed by atoms with E-state index in [9.17, 15) is 28.0 Å². The van der Waals surface area contributed by atoms with Crippen molar-refractivity contribution in [3.8, 4) is 0 Å². The van der Waals surface area contributed by atoms with Crippen LogP contribution in [-0.4, -0.2) is 71.6 Å². The van der Waals surface area contributed by atoms with Gasteiger partial charge in [0, 0.05) is 32.5 Å². The lowest BCUT2D eigenvalue weighted by Crippen LogP contribution is -2.56. The van der Waals surface area contributed by atoms with E-state index in [-0.39, 0.29) is 50.0 Å². The molecule has 8 nitrogen and oxygen atoms in total. The van der Waals surface area contributed by atoms with Gasteiger partial charge in [-0.1, -0.05) is 12.1 Å². The molecule has 30 heavy (non-hydrogen) atoms. The third-order valence-electron chi connectivity index (χ3n) is 5.97. The molecule has 0 aromatic heterocycles. The number of halogens is 2. The highest BCUT2D eigenvalue weighted by Crippen LogP contribution is 2.33. The van der Waals surface area contributed by atoms with Crippen LogP contribution in [0.4, 0.5) is 8.78 Å². The Bertz CT molecular complexity index is 935. The van der Waals surface area contributed by atoms with E-state index in [2.05, 4.69) is 10.6 Å². The minimum absolute atomic E-state index is 0.0309. The van der Waals surface area contributed by atoms with E-state index in [1.165, 1.54) is 11.0 Å². The Hall–Kier alpha value is -2.72. The molecule has 0 saturated carbocycles. The average Bonchev–Trinajstić information content (AvgIpc) is 2.93. The summed E-state index contributed by atoms with van der Waals surface area (Å²) in [4.78, 5) is 51.9. The van der Waals surface area contributed by atoms with E-state index < -0.39 is 41.6 Å². The van der Waals surface area contributed by atoms with Crippen molar-refractivity contribution in [2.75, 3.05) is 20.1 Å². The van der Waals surface area contributed by atoms with Gasteiger partial charge in [-0.3, -0.25) is 34.3 Å². The first-order chi connectivity index (χ1) is 14.2. The van der Waals surface area contributed by atoms with Gasteiger partial charge in [-0.25, -0.2) is 8.78 Å². The molecule has 2 N–H and O–H groups in total. The number of fused-ring (bicyclic) bond motifs is 1. The van der Waals surface area contributed by atoms with Crippen molar-refractivity contribution < 1.29 is 28.0 Å². The Morgan fingerprint density at radius 1 is 1.20 bits per heavy atom. The van der Waals surface area contributed by atoms with Crippen LogP contribution in [-0.2, 0) is 16.1 Å². The van der Waals surface area contributed by atoms with Crippen LogP contribution in [0.25, 0.3) is 0 Å². The molecule has 0 aliphatic carbocycles. The van der Waals surface area contributed by atoms with E-state index in [0.717, 1.165) is 4.90 Å². The molecular weight excluding hydrogens is 398 g/mol. The average molecular weight is 420 g/mol. The van der Waals surface area contributed by atoms with Crippen molar-refractivity contribution in [1.29, 1.82) is 0 Å². The number of benzene rings is 1. The van der Waals surface area contributed by atoms with Gasteiger partial charge in [0.25, 0.3) is 17.7 Å². The highest BCUT2D eigenvalue weighted by molar-refractivity contribution is 6.24. The maximum Gasteiger partial charge on any atom is 0.265 e. The fourth-order valence-corrected chi connectivity index (χ4v) is 4.38. The Labute approximate surface area is 171 Å². The number of nitrogens with one attached hydrogen (secondary N) is 2. The summed E-state index contributed by atoms with van der Waals surface area (Å²) in [6.45, 7) is 0.410. The summed E-state index contributed by atoms with van der Waals surface area (Å²) in [5, 5.41) is 5.11. The second kappa shape index (κ2) is 7.51. The predicted molar refractivity (Wildman–Crippen MR) is 101 cm³/mol. The molecule has 3 heterocycles. The van der Waals surface area contributed by atoms with Crippen molar-refractivity contribution in [3.05, 3.63) is 34.9 Å². The second-order valence-electron chi connectivity index (χ2n) is 7.93. The van der Waals surface area contributed by atoms with E-state index in [1.54, 1.807) is 19.2 Å². The molecule has 4 rings (SSSR count). The number of hydrogen-bond donors (Lipinski definition) is 2. The molecule has 3 aliphatic rings. The lowest BCUT2D eigenvalue weighted by atomic mass is 9.98. The van der Waals surface area contributed by atoms with Crippen LogP contribution < -0.4 is 10.6 Å². The Balaban J connectivity index is 1.60. The highest BCUT2D eigenvalue weighted by atomic mass is 19.3. The highest BCUT2D eigenvalue weighted by Gasteiger charge is 2.47. The summed E-state index contributed by atoms with van der Waals surface area (Å²) in [7, 11) is 1.56. The summed E-state index contributed by atoms with van der Waals surface area (Å²) >= 11 is 0. The molecule has 4 amide bonds. The molecule has 2 unspecified atom stereocenters. The molecule has 0 bridgehead atoms. The SMILES string of the molecule is CN(Cc1cccc2c1C(=O)N(C1CCC(=O)NC1=O)C2=O)C1CNCCC1(F)F. The first kappa shape index (κ1) is 20.5. The maximum absolute atomic E-state index is 14.3. The Kier molecular flexibility index (Phi) is 5.15. The van der Waals surface area contributed by atoms with Gasteiger partial charge in [0.15, 0.2) is 0 Å². The predicted octanol–water partition coefficient (Wildman–Crippen LogP) is 0.517. The van der Waals surface area contributed by atoms with Crippen LogP contribution in [0.2, 0.25) is 0 Å². The van der Waals surface area contributed by atoms with Crippen LogP contribution in [0.15, 0.2) is 18.2 Å². The molecule has 0 radical (unpaired) electrons. The number of carbonyl (C=O) groups excluding carboxylic acids is 4. The molecule has 10 heteroatoms. The summed E-state index contributed by atoms with van der Waals surface area (Å²) in [6.07, 6.45) is -0.176. The van der Waals surface area contributed by atoms with Crippen molar-refractivity contribution in [1.82, 2.24) is 20.4 Å². The van der Waals surface area contributed by atoms with Crippen molar-refractivity contribution in [3.63, 3.8) is 0 Å². The first-order valence-electron chi connectivity index (χ1n) is 9.83. The summed E-state index contributed by atoms with van der Waals surface area (Å²) in [5.41, 5.74) is 0.722. The number of amides is 4. The van der Waals surface area contributed by atoms with Crippen LogP contribution in [0, 0.1) is 0 Å². The first-order valence-corrected chi connectivity index (χ1v) is 9.83. The Morgan fingerprint density at radius 3 is 2.67 bits per heavy atom. The van der Waals surface area contributed by atoms with E-state index in [0.29, 0.717) is 5.56 Å². The third-order valence-corrected chi connectivity index (χ3v) is 5.97. The van der Waals surface area contributed by atoms with Crippen molar-refractivity contribution in [2.45, 2.75) is 43.8 Å². The van der Waals surface area contributed by atoms with Gasteiger partial charge in [0.05, 0.1) is 17.2 Å². The zero-order chi connectivity index (χ0) is 21.6. The molecule has 1 aromatic rings. The van der Waals surface area contributed by atoms with Crippen LogP contribution >= 0.6 is 0 Å². The number of piperidine rings is 2. The molecule has 2 atom stereocenters. The summed E-state index contributed by atoms with van der Waals surface area (Å²) < 4.78 is 28.7. The largest absolute Gasteiger partial charge is 0.315 e. The maximum atomic E-state index is 14.3. The minimum Gasteiger partial charge on any atom is -0.315 e. The second-order valence-corrected chi connectivity index (χ2v) is 7.93. The zero-order valence-corrected chi connectivity index (χ0v) is 16.4. The van der Waals surface area contributed by atoms with Gasteiger partial charge in [0.1, 0.15) is 6.04 Å². The monoisotopic (exact) mass is 420 g/mol. The number of imide groups is 2. The molecule has 2 saturated heterocycles. The van der Waals surface area contributed by atoms with Gasteiger partial charge in [-0.05, 0) is 25.1 Å². The number of rotatable bonds is 4. The van der Waals surface area contributed by atoms with Gasteiger partial charge < -0.3 is 5.32 Å². The molecule has 2 fully saturated rings. The minimum atomic E-state index is -2.86. The van der Waals surface area contributed by atoms with Gasteiger partial charge in [-0.2, -0.15) is 0 Å². The van der Waals surface area contributed by atoms with E-state index in [4.69, 9.17) is 0 Å². The smallest absolute Gasteiger partial charge is 0.265 e. The van der Waals surface area contributed by atoms with Crippen LogP contribution in [0.5, 0.6) is 0 Å². The third kappa shape index (κ3) is 3.39. The van der Waals surface area contributed by atoms with E-state index >= 15 is 0 Å². The molecule has 3 aliphatic heterocycles. The van der Waals surface area contributed by atoms with Crippen molar-refractivity contribution >= 4 is 23.6 Å². The standard InChI is InChI=1S/C20H22F2N4O4/c1-25(14-9-23-8-7-20(14,21)22)10-11-3-2-4-12-16(11)19(30)26(18(12)29)13-5-6-15(27)24-17(13)28/h2-4,13-14,23H,5-10H2,1H3,(H,24,27,28). The molecule has 160 valence electrons. The number of likely N-dealkylation sites (N-methyl/N-ethyl adjacent to an activating group) is 1. The molecular formula is C20H22F2N4O4. The zero-order valence-electron chi connectivity index (χ0n) is 16.4. The lowest BCUT2D eigenvalue weighted by Gasteiger charge is -2.38. The molecule has 1 aromatic carbocycles. The normalized spacial score (nSPS) is 26.2. The fourth-order valence-electron chi connectivity index (χ4n) is 4.38. The van der Waals surface area contributed by atoms with Crippen LogP contribution in [0.3, 0.4) is 0 Å².